The highest BCUT2D eigenvalue weighted by molar-refractivity contribution is 4.98. The molecule has 1 aliphatic rings. The Bertz CT molecular complexity index is 402. The van der Waals surface area contributed by atoms with Gasteiger partial charge in [-0.25, -0.2) is 0 Å². The van der Waals surface area contributed by atoms with Gasteiger partial charge in [0.15, 0.2) is 5.82 Å². The maximum absolute atomic E-state index is 5.85. The summed E-state index contributed by atoms with van der Waals surface area (Å²) in [5, 5.41) is 4.21. The summed E-state index contributed by atoms with van der Waals surface area (Å²) in [7, 11) is 0. The van der Waals surface area contributed by atoms with Gasteiger partial charge in [-0.15, -0.1) is 0 Å². The second kappa shape index (κ2) is 7.21. The molecule has 0 aromatic carbocycles. The van der Waals surface area contributed by atoms with Crippen LogP contribution in [-0.4, -0.2) is 16.7 Å². The van der Waals surface area contributed by atoms with Crippen molar-refractivity contribution in [2.24, 2.45) is 23.5 Å². The van der Waals surface area contributed by atoms with Crippen molar-refractivity contribution in [1.29, 1.82) is 0 Å². The summed E-state index contributed by atoms with van der Waals surface area (Å²) in [5.41, 5.74) is 5.85. The van der Waals surface area contributed by atoms with Crippen LogP contribution in [0.25, 0.3) is 0 Å². The first kappa shape index (κ1) is 15.5. The van der Waals surface area contributed by atoms with Crippen LogP contribution >= 0.6 is 0 Å². The molecule has 0 saturated heterocycles. The van der Waals surface area contributed by atoms with Gasteiger partial charge in [0, 0.05) is 12.3 Å². The summed E-state index contributed by atoms with van der Waals surface area (Å²) < 4.78 is 5.45. The van der Waals surface area contributed by atoms with Crippen LogP contribution in [0, 0.1) is 17.8 Å². The van der Waals surface area contributed by atoms with E-state index in [-0.39, 0.29) is 0 Å². The first-order valence-electron chi connectivity index (χ1n) is 8.11. The maximum Gasteiger partial charge on any atom is 0.226 e. The van der Waals surface area contributed by atoms with Crippen LogP contribution < -0.4 is 5.73 Å². The number of aromatic nitrogens is 2. The van der Waals surface area contributed by atoms with E-state index in [0.717, 1.165) is 30.5 Å². The summed E-state index contributed by atoms with van der Waals surface area (Å²) in [6, 6.07) is 0. The predicted octanol–water partition coefficient (Wildman–Crippen LogP) is 3.53. The lowest BCUT2D eigenvalue weighted by Gasteiger charge is -2.23. The highest BCUT2D eigenvalue weighted by Gasteiger charge is 2.25. The third-order valence-corrected chi connectivity index (χ3v) is 4.39. The van der Waals surface area contributed by atoms with E-state index < -0.39 is 0 Å². The van der Waals surface area contributed by atoms with E-state index in [1.54, 1.807) is 0 Å². The standard InChI is InChI=1S/C16H29N3O/c1-11(2)7-13(10-17)9-15-18-16(19-20-15)14-6-4-5-12(3)8-14/h11-14H,4-10,17H2,1-3H3. The Morgan fingerprint density at radius 2 is 2.15 bits per heavy atom. The molecule has 2 N–H and O–H groups in total. The molecule has 3 unspecified atom stereocenters. The average molecular weight is 279 g/mol. The number of hydrogen-bond acceptors (Lipinski definition) is 4. The second-order valence-electron chi connectivity index (χ2n) is 6.95. The van der Waals surface area contributed by atoms with Gasteiger partial charge < -0.3 is 10.3 Å². The van der Waals surface area contributed by atoms with Crippen LogP contribution in [0.3, 0.4) is 0 Å². The van der Waals surface area contributed by atoms with Crippen molar-refractivity contribution in [3.05, 3.63) is 11.7 Å². The van der Waals surface area contributed by atoms with Gasteiger partial charge >= 0.3 is 0 Å². The van der Waals surface area contributed by atoms with Gasteiger partial charge in [-0.3, -0.25) is 0 Å². The summed E-state index contributed by atoms with van der Waals surface area (Å²) in [6.07, 6.45) is 6.97. The van der Waals surface area contributed by atoms with Gasteiger partial charge in [0.05, 0.1) is 0 Å². The summed E-state index contributed by atoms with van der Waals surface area (Å²) in [4.78, 5) is 4.63. The van der Waals surface area contributed by atoms with Crippen LogP contribution in [-0.2, 0) is 6.42 Å². The molecule has 1 saturated carbocycles. The molecule has 1 fully saturated rings. The molecule has 2 rings (SSSR count). The quantitative estimate of drug-likeness (QED) is 0.865. The van der Waals surface area contributed by atoms with Gasteiger partial charge in [0.2, 0.25) is 5.89 Å². The molecule has 3 atom stereocenters. The van der Waals surface area contributed by atoms with E-state index in [1.807, 2.05) is 0 Å². The van der Waals surface area contributed by atoms with E-state index in [2.05, 4.69) is 30.9 Å². The molecule has 0 bridgehead atoms. The Morgan fingerprint density at radius 3 is 2.80 bits per heavy atom. The molecule has 1 aromatic heterocycles. The predicted molar refractivity (Wildman–Crippen MR) is 80.4 cm³/mol. The summed E-state index contributed by atoms with van der Waals surface area (Å²) in [6.45, 7) is 7.47. The fourth-order valence-corrected chi connectivity index (χ4v) is 3.36. The Kier molecular flexibility index (Phi) is 5.58. The maximum atomic E-state index is 5.85. The average Bonchev–Trinajstić information content (AvgIpc) is 2.86. The molecule has 114 valence electrons. The number of rotatable bonds is 6. The van der Waals surface area contributed by atoms with E-state index in [0.29, 0.717) is 24.3 Å². The van der Waals surface area contributed by atoms with E-state index in [9.17, 15) is 0 Å². The minimum atomic E-state index is 0.452. The lowest BCUT2D eigenvalue weighted by molar-refractivity contribution is 0.311. The minimum Gasteiger partial charge on any atom is -0.339 e. The monoisotopic (exact) mass is 279 g/mol. The molecule has 4 nitrogen and oxygen atoms in total. The molecule has 1 heterocycles. The molecule has 0 spiro atoms. The topological polar surface area (TPSA) is 64.9 Å². The van der Waals surface area contributed by atoms with E-state index >= 15 is 0 Å². The zero-order chi connectivity index (χ0) is 14.5. The largest absolute Gasteiger partial charge is 0.339 e. The lowest BCUT2D eigenvalue weighted by Crippen LogP contribution is -2.19. The van der Waals surface area contributed by atoms with Crippen LogP contribution in [0.4, 0.5) is 0 Å². The number of nitrogens with two attached hydrogens (primary N) is 1. The number of hydrogen-bond donors (Lipinski definition) is 1. The van der Waals surface area contributed by atoms with E-state index in [1.165, 1.54) is 25.7 Å². The molecule has 20 heavy (non-hydrogen) atoms. The third-order valence-electron chi connectivity index (χ3n) is 4.39. The van der Waals surface area contributed by atoms with Gasteiger partial charge in [-0.1, -0.05) is 38.8 Å². The summed E-state index contributed by atoms with van der Waals surface area (Å²) in [5.74, 6) is 4.09. The Morgan fingerprint density at radius 1 is 1.35 bits per heavy atom. The Balaban J connectivity index is 1.94. The van der Waals surface area contributed by atoms with Gasteiger partial charge in [0.25, 0.3) is 0 Å². The molecule has 1 aliphatic carbocycles. The SMILES string of the molecule is CC(C)CC(CN)Cc1nc(C2CCCC(C)C2)no1. The fraction of sp³-hybridized carbons (Fsp3) is 0.875. The Hall–Kier alpha value is -0.900. The van der Waals surface area contributed by atoms with Gasteiger partial charge in [-0.05, 0) is 43.6 Å². The van der Waals surface area contributed by atoms with Crippen LogP contribution in [0.5, 0.6) is 0 Å². The molecular formula is C16H29N3O. The third kappa shape index (κ3) is 4.30. The van der Waals surface area contributed by atoms with Gasteiger partial charge in [0.1, 0.15) is 0 Å². The first-order chi connectivity index (χ1) is 9.58. The smallest absolute Gasteiger partial charge is 0.226 e. The van der Waals surface area contributed by atoms with Crippen molar-refractivity contribution in [3.63, 3.8) is 0 Å². The first-order valence-corrected chi connectivity index (χ1v) is 8.11. The Labute approximate surface area is 122 Å². The molecule has 4 heteroatoms. The minimum absolute atomic E-state index is 0.452. The lowest BCUT2D eigenvalue weighted by atomic mass is 9.82. The van der Waals surface area contributed by atoms with Crippen molar-refractivity contribution >= 4 is 0 Å². The number of nitrogens with zero attached hydrogens (tertiary/aromatic N) is 2. The molecule has 0 radical (unpaired) electrons. The second-order valence-corrected chi connectivity index (χ2v) is 6.95. The van der Waals surface area contributed by atoms with Crippen LogP contribution in [0.2, 0.25) is 0 Å². The van der Waals surface area contributed by atoms with E-state index in [4.69, 9.17) is 10.3 Å². The fourth-order valence-electron chi connectivity index (χ4n) is 3.36. The molecular weight excluding hydrogens is 250 g/mol. The molecule has 0 amide bonds. The zero-order valence-electron chi connectivity index (χ0n) is 13.1. The van der Waals surface area contributed by atoms with Crippen molar-refractivity contribution in [3.8, 4) is 0 Å². The van der Waals surface area contributed by atoms with Crippen molar-refractivity contribution < 1.29 is 4.52 Å². The van der Waals surface area contributed by atoms with Crippen molar-refractivity contribution in [2.75, 3.05) is 6.54 Å². The van der Waals surface area contributed by atoms with Crippen molar-refractivity contribution in [2.45, 2.75) is 65.2 Å². The highest BCUT2D eigenvalue weighted by Crippen LogP contribution is 2.34. The highest BCUT2D eigenvalue weighted by atomic mass is 16.5. The van der Waals surface area contributed by atoms with Crippen LogP contribution in [0.15, 0.2) is 4.52 Å². The normalized spacial score (nSPS) is 25.1. The molecule has 0 aliphatic heterocycles. The zero-order valence-corrected chi connectivity index (χ0v) is 13.1. The summed E-state index contributed by atoms with van der Waals surface area (Å²) >= 11 is 0. The van der Waals surface area contributed by atoms with Crippen LogP contribution in [0.1, 0.15) is 70.5 Å². The molecule has 1 aromatic rings. The van der Waals surface area contributed by atoms with Crippen molar-refractivity contribution in [1.82, 2.24) is 10.1 Å². The van der Waals surface area contributed by atoms with Gasteiger partial charge in [-0.2, -0.15) is 4.98 Å².